The third kappa shape index (κ3) is 2.09. The van der Waals surface area contributed by atoms with Crippen molar-refractivity contribution in [1.82, 2.24) is 4.90 Å². The molecule has 2 heterocycles. The number of benzene rings is 1. The summed E-state index contributed by atoms with van der Waals surface area (Å²) in [5, 5.41) is 0. The molecule has 3 fully saturated rings. The van der Waals surface area contributed by atoms with Gasteiger partial charge in [-0.25, -0.2) is 0 Å². The van der Waals surface area contributed by atoms with Gasteiger partial charge in [0.25, 0.3) is 0 Å². The van der Waals surface area contributed by atoms with Crippen LogP contribution in [0.3, 0.4) is 0 Å². The van der Waals surface area contributed by atoms with Crippen LogP contribution in [0.5, 0.6) is 11.5 Å². The fourth-order valence-corrected chi connectivity index (χ4v) is 7.41. The molecule has 5 nitrogen and oxygen atoms in total. The summed E-state index contributed by atoms with van der Waals surface area (Å²) in [5.74, 6) is 2.60. The Morgan fingerprint density at radius 1 is 1.27 bits per heavy atom. The second-order valence-electron chi connectivity index (χ2n) is 10.2. The molecule has 2 saturated carbocycles. The summed E-state index contributed by atoms with van der Waals surface area (Å²) in [6, 6.07) is 4.54. The molecule has 1 aromatic carbocycles. The van der Waals surface area contributed by atoms with E-state index < -0.39 is 11.0 Å². The minimum Gasteiger partial charge on any atom is -0.493 e. The van der Waals surface area contributed by atoms with E-state index in [2.05, 4.69) is 17.9 Å². The molecule has 5 heteroatoms. The molecule has 0 amide bonds. The molecule has 5 aliphatic rings. The number of carbonyl (C=O) groups excluding carboxylic acids is 1. The summed E-state index contributed by atoms with van der Waals surface area (Å²) < 4.78 is 19.3. The van der Waals surface area contributed by atoms with Gasteiger partial charge in [0.2, 0.25) is 0 Å². The number of piperidine rings is 1. The molecule has 3 aliphatic carbocycles. The van der Waals surface area contributed by atoms with Crippen molar-refractivity contribution in [3.05, 3.63) is 23.3 Å². The number of nitrogens with zero attached hydrogens (tertiary/aromatic N) is 1. The van der Waals surface area contributed by atoms with Gasteiger partial charge < -0.3 is 14.2 Å². The van der Waals surface area contributed by atoms with Gasteiger partial charge in [0.05, 0.1) is 18.1 Å². The smallest absolute Gasteiger partial charge is 0.177 e. The molecule has 2 aliphatic heterocycles. The van der Waals surface area contributed by atoms with Gasteiger partial charge in [-0.2, -0.15) is 0 Å². The topological polar surface area (TPSA) is 48.0 Å². The number of ether oxygens (including phenoxy) is 3. The zero-order valence-electron chi connectivity index (χ0n) is 18.5. The van der Waals surface area contributed by atoms with Crippen molar-refractivity contribution in [2.75, 3.05) is 26.8 Å². The minimum absolute atomic E-state index is 0.221. The number of methoxy groups -OCH3 is 1. The van der Waals surface area contributed by atoms with Crippen LogP contribution in [0.2, 0.25) is 0 Å². The summed E-state index contributed by atoms with van der Waals surface area (Å²) in [7, 11) is 1.69. The Kier molecular flexibility index (Phi) is 3.97. The largest absolute Gasteiger partial charge is 0.493 e. The normalized spacial score (nSPS) is 38.9. The molecule has 1 aromatic rings. The first-order valence-corrected chi connectivity index (χ1v) is 11.8. The Balaban J connectivity index is 1.60. The third-order valence-electron chi connectivity index (χ3n) is 8.87. The predicted molar refractivity (Wildman–Crippen MR) is 113 cm³/mol. The van der Waals surface area contributed by atoms with Gasteiger partial charge in [-0.15, -0.1) is 0 Å². The summed E-state index contributed by atoms with van der Waals surface area (Å²) >= 11 is 0. The van der Waals surface area contributed by atoms with Gasteiger partial charge in [-0.3, -0.25) is 9.69 Å². The first-order chi connectivity index (χ1) is 14.5. The number of ketones is 1. The van der Waals surface area contributed by atoms with Crippen LogP contribution in [0.4, 0.5) is 0 Å². The average Bonchev–Trinajstić information content (AvgIpc) is 3.51. The lowest BCUT2D eigenvalue weighted by atomic mass is 9.45. The molecule has 1 saturated heterocycles. The Bertz CT molecular complexity index is 911. The van der Waals surface area contributed by atoms with Gasteiger partial charge in [0, 0.05) is 31.2 Å². The number of Topliss-reactive ketones (excluding diaryl/α,β-unsaturated/α-hetero) is 1. The molecule has 4 atom stereocenters. The van der Waals surface area contributed by atoms with Crippen LogP contribution in [-0.2, 0) is 21.4 Å². The Morgan fingerprint density at radius 2 is 2.10 bits per heavy atom. The van der Waals surface area contributed by atoms with Crippen LogP contribution in [0, 0.1) is 5.92 Å². The van der Waals surface area contributed by atoms with E-state index in [1.165, 1.54) is 30.5 Å². The second-order valence-corrected chi connectivity index (χ2v) is 10.2. The van der Waals surface area contributed by atoms with Gasteiger partial charge in [0.1, 0.15) is 0 Å². The Labute approximate surface area is 179 Å². The van der Waals surface area contributed by atoms with E-state index in [0.717, 1.165) is 56.3 Å². The molecule has 1 spiro atoms. The summed E-state index contributed by atoms with van der Waals surface area (Å²) in [5.41, 5.74) is 0.867. The van der Waals surface area contributed by atoms with Crippen LogP contribution in [0.25, 0.3) is 0 Å². The highest BCUT2D eigenvalue weighted by atomic mass is 16.5. The highest BCUT2D eigenvalue weighted by Crippen LogP contribution is 2.69. The predicted octanol–water partition coefficient (Wildman–Crippen LogP) is 3.65. The van der Waals surface area contributed by atoms with Crippen molar-refractivity contribution < 1.29 is 19.0 Å². The molecule has 0 aromatic heterocycles. The Hall–Kier alpha value is -1.59. The SMILES string of the molecule is CCCO[C@@]12CCC(=O)C3(C)Oc4c(OC)ccc5c4[C@@]31CCN(CC1CC1)[C@@H]2C5. The first kappa shape index (κ1) is 19.1. The number of hydrogen-bond donors (Lipinski definition) is 0. The van der Waals surface area contributed by atoms with Crippen LogP contribution in [0.1, 0.15) is 63.5 Å². The zero-order chi connectivity index (χ0) is 20.7. The fourth-order valence-electron chi connectivity index (χ4n) is 7.41. The molecular formula is C25H33NO4. The van der Waals surface area contributed by atoms with Gasteiger partial charge >= 0.3 is 0 Å². The van der Waals surface area contributed by atoms with E-state index in [9.17, 15) is 4.79 Å². The van der Waals surface area contributed by atoms with Gasteiger partial charge in [0.15, 0.2) is 22.9 Å². The molecule has 0 radical (unpaired) electrons. The van der Waals surface area contributed by atoms with Crippen LogP contribution < -0.4 is 9.47 Å². The van der Waals surface area contributed by atoms with Crippen molar-refractivity contribution in [3.8, 4) is 11.5 Å². The second kappa shape index (κ2) is 6.23. The van der Waals surface area contributed by atoms with E-state index in [1.807, 2.05) is 13.0 Å². The van der Waals surface area contributed by atoms with Crippen molar-refractivity contribution in [3.63, 3.8) is 0 Å². The molecule has 0 N–H and O–H groups in total. The molecule has 6 rings (SSSR count). The van der Waals surface area contributed by atoms with E-state index >= 15 is 0 Å². The first-order valence-electron chi connectivity index (χ1n) is 11.8. The maximum Gasteiger partial charge on any atom is 0.177 e. The highest BCUT2D eigenvalue weighted by molar-refractivity contribution is 5.94. The number of likely N-dealkylation sites (tertiary alicyclic amines) is 1. The average molecular weight is 412 g/mol. The summed E-state index contributed by atoms with van der Waals surface area (Å²) in [6.07, 6.45) is 6.90. The van der Waals surface area contributed by atoms with Crippen molar-refractivity contribution in [1.29, 1.82) is 0 Å². The van der Waals surface area contributed by atoms with E-state index in [-0.39, 0.29) is 11.4 Å². The van der Waals surface area contributed by atoms with E-state index in [0.29, 0.717) is 12.5 Å². The Morgan fingerprint density at radius 3 is 2.83 bits per heavy atom. The number of carbonyl (C=O) groups is 1. The standard InChI is InChI=1S/C25H33NO4/c1-4-13-29-25-10-9-20(27)23(2)24(25)11-12-26(15-16-5-6-16)19(25)14-17-7-8-18(28-3)22(30-23)21(17)24/h7-8,16,19H,4-6,9-15H2,1-3H3/t19-,23?,24+,25-/m1/s1. The summed E-state index contributed by atoms with van der Waals surface area (Å²) in [6.45, 7) is 7.13. The molecule has 2 bridgehead atoms. The molecule has 30 heavy (non-hydrogen) atoms. The van der Waals surface area contributed by atoms with E-state index in [4.69, 9.17) is 14.2 Å². The van der Waals surface area contributed by atoms with Crippen LogP contribution >= 0.6 is 0 Å². The lowest BCUT2D eigenvalue weighted by molar-refractivity contribution is -0.231. The lowest BCUT2D eigenvalue weighted by Gasteiger charge is -2.66. The number of rotatable bonds is 6. The molecular weight excluding hydrogens is 378 g/mol. The lowest BCUT2D eigenvalue weighted by Crippen LogP contribution is -2.80. The maximum atomic E-state index is 13.5. The van der Waals surface area contributed by atoms with Crippen LogP contribution in [0.15, 0.2) is 12.1 Å². The quantitative estimate of drug-likeness (QED) is 0.715. The summed E-state index contributed by atoms with van der Waals surface area (Å²) in [4.78, 5) is 16.2. The fraction of sp³-hybridized carbons (Fsp3) is 0.720. The van der Waals surface area contributed by atoms with Crippen molar-refractivity contribution in [2.24, 2.45) is 5.92 Å². The minimum atomic E-state index is -0.880. The van der Waals surface area contributed by atoms with E-state index in [1.54, 1.807) is 7.11 Å². The molecule has 162 valence electrons. The van der Waals surface area contributed by atoms with Gasteiger partial charge in [-0.1, -0.05) is 13.0 Å². The zero-order valence-corrected chi connectivity index (χ0v) is 18.5. The van der Waals surface area contributed by atoms with Crippen LogP contribution in [-0.4, -0.2) is 54.7 Å². The monoisotopic (exact) mass is 411 g/mol. The highest BCUT2D eigenvalue weighted by Gasteiger charge is 2.78. The number of hydrogen-bond acceptors (Lipinski definition) is 5. The maximum absolute atomic E-state index is 13.5. The third-order valence-corrected chi connectivity index (χ3v) is 8.87. The van der Waals surface area contributed by atoms with Crippen molar-refractivity contribution >= 4 is 5.78 Å². The molecule has 1 unspecified atom stereocenters. The van der Waals surface area contributed by atoms with Crippen molar-refractivity contribution in [2.45, 2.75) is 81.5 Å². The van der Waals surface area contributed by atoms with Gasteiger partial charge in [-0.05, 0) is 69.5 Å².